The molecule has 5 rings (SSSR count). The minimum absolute atomic E-state index is 0.379. The van der Waals surface area contributed by atoms with Gasteiger partial charge in [0.2, 0.25) is 6.67 Å². The van der Waals surface area contributed by atoms with Crippen LogP contribution in [0.15, 0.2) is 109 Å². The minimum atomic E-state index is -0.862. The predicted molar refractivity (Wildman–Crippen MR) is 190 cm³/mol. The van der Waals surface area contributed by atoms with Gasteiger partial charge in [-0.2, -0.15) is 0 Å². The zero-order chi connectivity index (χ0) is 32.0. The van der Waals surface area contributed by atoms with Crippen molar-refractivity contribution in [1.29, 1.82) is 0 Å². The summed E-state index contributed by atoms with van der Waals surface area (Å²) < 4.78 is 0. The zero-order valence-electron chi connectivity index (χ0n) is 27.1. The second-order valence-corrected chi connectivity index (χ2v) is 14.6. The van der Waals surface area contributed by atoms with Gasteiger partial charge in [0.25, 0.3) is 0 Å². The molecular formula is C39H45AuClN2P. The van der Waals surface area contributed by atoms with Crippen molar-refractivity contribution in [2.24, 2.45) is 0 Å². The van der Waals surface area contributed by atoms with Crippen LogP contribution in [0.3, 0.4) is 0 Å². The maximum absolute atomic E-state index is 4.58. The summed E-state index contributed by atoms with van der Waals surface area (Å²) in [7, 11) is 3.72. The topological polar surface area (TPSA) is 6.48 Å². The Balaban J connectivity index is 0.00000216. The SMILES string of the molecule is CC(C)c1cccc(C(C)C)c1N1[C]N(c2c(C(C)C)cccc2C(C)C)C(P(c2ccccc2)c2ccccc2)=C1.[Cl][Au]. The normalized spacial score (nSPS) is 13.3. The fourth-order valence-corrected chi connectivity index (χ4v) is 8.27. The molecule has 5 heteroatoms. The third-order valence-corrected chi connectivity index (χ3v) is 10.5. The van der Waals surface area contributed by atoms with Gasteiger partial charge in [0.1, 0.15) is 0 Å². The Morgan fingerprint density at radius 2 is 0.886 bits per heavy atom. The Labute approximate surface area is 284 Å². The van der Waals surface area contributed by atoms with E-state index in [1.165, 1.54) is 49.7 Å². The van der Waals surface area contributed by atoms with Gasteiger partial charge in [0.15, 0.2) is 0 Å². The van der Waals surface area contributed by atoms with Crippen LogP contribution in [0, 0.1) is 6.67 Å². The molecule has 234 valence electrons. The fraction of sp³-hybridized carbons (Fsp3) is 0.308. The summed E-state index contributed by atoms with van der Waals surface area (Å²) in [5.74, 6) is 1.55. The second kappa shape index (κ2) is 15.8. The van der Waals surface area contributed by atoms with Crippen molar-refractivity contribution < 1.29 is 20.0 Å². The average Bonchev–Trinajstić information content (AvgIpc) is 3.46. The van der Waals surface area contributed by atoms with Gasteiger partial charge in [-0.1, -0.05) is 152 Å². The van der Waals surface area contributed by atoms with Crippen molar-refractivity contribution >= 4 is 39.1 Å². The molecule has 0 amide bonds. The van der Waals surface area contributed by atoms with E-state index in [2.05, 4.69) is 184 Å². The molecule has 0 N–H and O–H groups in total. The van der Waals surface area contributed by atoms with Gasteiger partial charge in [-0.25, -0.2) is 0 Å². The molecule has 0 saturated heterocycles. The molecule has 0 aromatic heterocycles. The molecular weight excluding hydrogens is 760 g/mol. The van der Waals surface area contributed by atoms with Crippen LogP contribution in [0.25, 0.3) is 0 Å². The van der Waals surface area contributed by atoms with Crippen LogP contribution in [0.5, 0.6) is 0 Å². The van der Waals surface area contributed by atoms with Crippen molar-refractivity contribution in [3.05, 3.63) is 138 Å². The predicted octanol–water partition coefficient (Wildman–Crippen LogP) is 11.1. The maximum atomic E-state index is 4.58. The third kappa shape index (κ3) is 7.38. The quantitative estimate of drug-likeness (QED) is 0.123. The Hall–Kier alpha value is -2.32. The number of nitrogens with zero attached hydrogens (tertiary/aromatic N) is 2. The Morgan fingerprint density at radius 3 is 1.25 bits per heavy atom. The van der Waals surface area contributed by atoms with Crippen molar-refractivity contribution in [2.45, 2.75) is 79.1 Å². The molecule has 0 saturated carbocycles. The van der Waals surface area contributed by atoms with Crippen LogP contribution >= 0.6 is 17.1 Å². The first kappa shape index (κ1) is 34.6. The van der Waals surface area contributed by atoms with Crippen LogP contribution in [-0.4, -0.2) is 0 Å². The van der Waals surface area contributed by atoms with Gasteiger partial charge in [-0.15, -0.1) is 0 Å². The summed E-state index contributed by atoms with van der Waals surface area (Å²) >= 11 is 1.75. The van der Waals surface area contributed by atoms with Crippen LogP contribution < -0.4 is 20.4 Å². The standard InChI is InChI=1S/C39H45N2P.Au.ClH/c1-27(2)33-21-15-22-34(28(3)4)38(33)40-25-37(42(31-17-11-9-12-18-31)32-19-13-10-14-20-32)41(26-40)39-35(29(5)6)23-16-24-36(39)30(7)8;;/h9-25,27-30H,1-8H3;;1H/q;+1;/p-1. The van der Waals surface area contributed by atoms with Crippen LogP contribution in [0.1, 0.15) is 101 Å². The summed E-state index contributed by atoms with van der Waals surface area (Å²) in [6, 6.07) is 35.7. The number of hydrogen-bond donors (Lipinski definition) is 0. The van der Waals surface area contributed by atoms with Crippen molar-refractivity contribution in [1.82, 2.24) is 0 Å². The second-order valence-electron chi connectivity index (χ2n) is 12.5. The van der Waals surface area contributed by atoms with Crippen LogP contribution in [0.2, 0.25) is 0 Å². The van der Waals surface area contributed by atoms with Crippen LogP contribution in [0.4, 0.5) is 11.4 Å². The van der Waals surface area contributed by atoms with Gasteiger partial charge < -0.3 is 9.80 Å². The Kier molecular flexibility index (Phi) is 12.4. The first-order valence-corrected chi connectivity index (χ1v) is 19.6. The number of hydrogen-bond acceptors (Lipinski definition) is 2. The Bertz CT molecular complexity index is 1440. The molecule has 2 radical (unpaired) electrons. The molecule has 0 atom stereocenters. The van der Waals surface area contributed by atoms with Crippen LogP contribution in [-0.2, 0) is 20.0 Å². The van der Waals surface area contributed by atoms with E-state index < -0.39 is 7.92 Å². The van der Waals surface area contributed by atoms with Gasteiger partial charge in [-0.3, -0.25) is 0 Å². The molecule has 4 aromatic carbocycles. The number of rotatable bonds is 9. The average molecular weight is 805 g/mol. The number of anilines is 2. The van der Waals surface area contributed by atoms with Gasteiger partial charge in [-0.05, 0) is 56.5 Å². The van der Waals surface area contributed by atoms with E-state index in [-0.39, 0.29) is 0 Å². The zero-order valence-corrected chi connectivity index (χ0v) is 31.0. The summed E-state index contributed by atoms with van der Waals surface area (Å²) in [5, 5.41) is 2.68. The third-order valence-electron chi connectivity index (χ3n) is 8.09. The van der Waals surface area contributed by atoms with E-state index in [9.17, 15) is 0 Å². The van der Waals surface area contributed by atoms with Gasteiger partial charge in [0, 0.05) is 14.1 Å². The van der Waals surface area contributed by atoms with Gasteiger partial charge >= 0.3 is 29.2 Å². The molecule has 0 fully saturated rings. The molecule has 1 aliphatic rings. The number of benzene rings is 4. The van der Waals surface area contributed by atoms with E-state index in [1.54, 1.807) is 20.0 Å². The first-order valence-electron chi connectivity index (χ1n) is 15.5. The monoisotopic (exact) mass is 804 g/mol. The number of para-hydroxylation sites is 2. The van der Waals surface area contributed by atoms with Crippen molar-refractivity contribution in [2.75, 3.05) is 9.80 Å². The van der Waals surface area contributed by atoms with Gasteiger partial charge in [0.05, 0.1) is 16.8 Å². The molecule has 0 spiro atoms. The molecule has 2 nitrogen and oxygen atoms in total. The molecule has 0 aliphatic carbocycles. The summed E-state index contributed by atoms with van der Waals surface area (Å²) in [6.07, 6.45) is 2.39. The molecule has 4 aromatic rings. The van der Waals surface area contributed by atoms with Crippen molar-refractivity contribution in [3.8, 4) is 0 Å². The molecule has 44 heavy (non-hydrogen) atoms. The van der Waals surface area contributed by atoms with E-state index in [1.807, 2.05) is 0 Å². The summed E-state index contributed by atoms with van der Waals surface area (Å²) in [4.78, 5) is 4.75. The Morgan fingerprint density at radius 1 is 0.523 bits per heavy atom. The fourth-order valence-electron chi connectivity index (χ4n) is 5.93. The molecule has 1 heterocycles. The van der Waals surface area contributed by atoms with Crippen molar-refractivity contribution in [3.63, 3.8) is 0 Å². The first-order chi connectivity index (χ1) is 21.2. The van der Waals surface area contributed by atoms with E-state index in [0.717, 1.165) is 0 Å². The molecule has 0 unspecified atom stereocenters. The molecule has 1 aliphatic heterocycles. The van der Waals surface area contributed by atoms with E-state index >= 15 is 0 Å². The van der Waals surface area contributed by atoms with E-state index in [4.69, 9.17) is 0 Å². The number of halogens is 1. The van der Waals surface area contributed by atoms with E-state index in [0.29, 0.717) is 23.7 Å². The summed E-state index contributed by atoms with van der Waals surface area (Å²) in [5.41, 5.74) is 9.27. The molecule has 0 bridgehead atoms. The summed E-state index contributed by atoms with van der Waals surface area (Å²) in [6.45, 7) is 22.4.